The van der Waals surface area contributed by atoms with Crippen molar-refractivity contribution in [3.05, 3.63) is 29.8 Å². The third-order valence-electron chi connectivity index (χ3n) is 2.66. The molecule has 1 aliphatic rings. The van der Waals surface area contributed by atoms with E-state index in [0.717, 1.165) is 30.0 Å². The predicted molar refractivity (Wildman–Crippen MR) is 65.8 cm³/mol. The fourth-order valence-corrected chi connectivity index (χ4v) is 2.89. The molecule has 0 bridgehead atoms. The summed E-state index contributed by atoms with van der Waals surface area (Å²) in [5.41, 5.74) is 0.999. The van der Waals surface area contributed by atoms with Gasteiger partial charge >= 0.3 is 6.36 Å². The van der Waals surface area contributed by atoms with E-state index in [2.05, 4.69) is 10.1 Å². The Bertz CT molecular complexity index is 372. The maximum atomic E-state index is 12.0. The minimum absolute atomic E-state index is 0.174. The Hall–Kier alpha value is -0.880. The van der Waals surface area contributed by atoms with Crippen LogP contribution in [0.2, 0.25) is 0 Å². The van der Waals surface area contributed by atoms with Crippen molar-refractivity contribution in [3.8, 4) is 5.75 Å². The summed E-state index contributed by atoms with van der Waals surface area (Å²) in [6.45, 7) is 0.943. The Labute approximate surface area is 108 Å². The van der Waals surface area contributed by atoms with Crippen molar-refractivity contribution >= 4 is 11.8 Å². The molecule has 1 heterocycles. The number of halogens is 3. The van der Waals surface area contributed by atoms with Crippen molar-refractivity contribution in [3.63, 3.8) is 0 Å². The van der Waals surface area contributed by atoms with E-state index in [-0.39, 0.29) is 11.8 Å². The molecule has 0 amide bonds. The zero-order chi connectivity index (χ0) is 13.0. The quantitative estimate of drug-likeness (QED) is 0.895. The van der Waals surface area contributed by atoms with Crippen LogP contribution in [0, 0.1) is 0 Å². The second-order valence-corrected chi connectivity index (χ2v) is 5.20. The molecule has 1 saturated heterocycles. The number of thioether (sulfide) groups is 1. The topological polar surface area (TPSA) is 21.3 Å². The van der Waals surface area contributed by atoms with Gasteiger partial charge in [0.2, 0.25) is 0 Å². The van der Waals surface area contributed by atoms with Crippen LogP contribution in [0.25, 0.3) is 0 Å². The molecule has 2 nitrogen and oxygen atoms in total. The zero-order valence-corrected chi connectivity index (χ0v) is 10.5. The molecule has 1 N–H and O–H groups in total. The molecule has 0 aliphatic carbocycles. The molecule has 1 aromatic carbocycles. The van der Waals surface area contributed by atoms with Crippen molar-refractivity contribution in [2.24, 2.45) is 0 Å². The molecule has 1 aliphatic heterocycles. The van der Waals surface area contributed by atoms with Gasteiger partial charge in [0.25, 0.3) is 0 Å². The van der Waals surface area contributed by atoms with Crippen LogP contribution < -0.4 is 10.1 Å². The highest BCUT2D eigenvalue weighted by atomic mass is 32.2. The third-order valence-corrected chi connectivity index (χ3v) is 3.80. The van der Waals surface area contributed by atoms with Gasteiger partial charge in [-0.05, 0) is 36.4 Å². The Kier molecular flexibility index (Phi) is 4.40. The van der Waals surface area contributed by atoms with Gasteiger partial charge in [0.15, 0.2) is 0 Å². The smallest absolute Gasteiger partial charge is 0.406 e. The molecule has 18 heavy (non-hydrogen) atoms. The summed E-state index contributed by atoms with van der Waals surface area (Å²) in [6.07, 6.45) is -3.51. The summed E-state index contributed by atoms with van der Waals surface area (Å²) in [6, 6.07) is 6.30. The van der Waals surface area contributed by atoms with E-state index in [1.807, 2.05) is 11.8 Å². The third kappa shape index (κ3) is 4.10. The van der Waals surface area contributed by atoms with Crippen LogP contribution >= 0.6 is 11.8 Å². The molecule has 0 aromatic heterocycles. The molecular formula is C12H14F3NOS. The van der Waals surface area contributed by atoms with Crippen molar-refractivity contribution in [1.29, 1.82) is 0 Å². The van der Waals surface area contributed by atoms with E-state index in [9.17, 15) is 13.2 Å². The second-order valence-electron chi connectivity index (χ2n) is 4.05. The van der Waals surface area contributed by atoms with Crippen LogP contribution in [-0.2, 0) is 0 Å². The highest BCUT2D eigenvalue weighted by Gasteiger charge is 2.31. The number of alkyl halides is 3. The lowest BCUT2D eigenvalue weighted by Crippen LogP contribution is -2.22. The molecule has 1 fully saturated rings. The van der Waals surface area contributed by atoms with E-state index < -0.39 is 6.36 Å². The fourth-order valence-electron chi connectivity index (χ4n) is 1.83. The number of nitrogens with one attached hydrogen (secondary N) is 1. The number of rotatable bonds is 2. The average molecular weight is 277 g/mol. The maximum Gasteiger partial charge on any atom is 0.573 e. The zero-order valence-electron chi connectivity index (χ0n) is 9.67. The first-order valence-electron chi connectivity index (χ1n) is 5.71. The summed E-state index contributed by atoms with van der Waals surface area (Å²) in [7, 11) is 0. The first-order valence-corrected chi connectivity index (χ1v) is 6.87. The highest BCUT2D eigenvalue weighted by molar-refractivity contribution is 7.99. The van der Waals surface area contributed by atoms with Gasteiger partial charge in [0, 0.05) is 11.8 Å². The van der Waals surface area contributed by atoms with Crippen LogP contribution in [0.5, 0.6) is 5.75 Å². The molecule has 0 saturated carbocycles. The summed E-state index contributed by atoms with van der Waals surface area (Å²) < 4.78 is 39.9. The van der Waals surface area contributed by atoms with E-state index in [1.165, 1.54) is 12.1 Å². The molecule has 0 spiro atoms. The SMILES string of the molecule is FC(F)(F)Oc1ccc(C2CSCCCN2)cc1. The largest absolute Gasteiger partial charge is 0.573 e. The van der Waals surface area contributed by atoms with Crippen LogP contribution in [-0.4, -0.2) is 24.4 Å². The van der Waals surface area contributed by atoms with E-state index in [4.69, 9.17) is 0 Å². The van der Waals surface area contributed by atoms with Crippen molar-refractivity contribution in [2.75, 3.05) is 18.1 Å². The van der Waals surface area contributed by atoms with E-state index >= 15 is 0 Å². The van der Waals surface area contributed by atoms with Gasteiger partial charge in [-0.2, -0.15) is 11.8 Å². The van der Waals surface area contributed by atoms with Crippen LogP contribution in [0.4, 0.5) is 13.2 Å². The standard InChI is InChI=1S/C12H14F3NOS/c13-12(14,15)17-10-4-2-9(3-5-10)11-8-18-7-1-6-16-11/h2-5,11,16H,1,6-8H2. The summed E-state index contributed by atoms with van der Waals surface area (Å²) in [5, 5.41) is 3.38. The van der Waals surface area contributed by atoms with Crippen LogP contribution in [0.15, 0.2) is 24.3 Å². The molecule has 1 unspecified atom stereocenters. The Morgan fingerprint density at radius 3 is 2.61 bits per heavy atom. The Morgan fingerprint density at radius 1 is 1.22 bits per heavy atom. The van der Waals surface area contributed by atoms with Crippen molar-refractivity contribution in [1.82, 2.24) is 5.32 Å². The van der Waals surface area contributed by atoms with Gasteiger partial charge in [0.05, 0.1) is 0 Å². The fraction of sp³-hybridized carbons (Fsp3) is 0.500. The van der Waals surface area contributed by atoms with E-state index in [0.29, 0.717) is 0 Å². The first-order chi connectivity index (χ1) is 8.54. The minimum Gasteiger partial charge on any atom is -0.406 e. The molecule has 6 heteroatoms. The van der Waals surface area contributed by atoms with Gasteiger partial charge in [-0.25, -0.2) is 0 Å². The maximum absolute atomic E-state index is 12.0. The van der Waals surface area contributed by atoms with Gasteiger partial charge in [-0.15, -0.1) is 13.2 Å². The molecule has 100 valence electrons. The van der Waals surface area contributed by atoms with E-state index in [1.54, 1.807) is 12.1 Å². The van der Waals surface area contributed by atoms with Gasteiger partial charge in [-0.3, -0.25) is 0 Å². The molecular weight excluding hydrogens is 263 g/mol. The van der Waals surface area contributed by atoms with Gasteiger partial charge in [-0.1, -0.05) is 12.1 Å². The second kappa shape index (κ2) is 5.84. The Morgan fingerprint density at radius 2 is 1.94 bits per heavy atom. The lowest BCUT2D eigenvalue weighted by atomic mass is 10.1. The monoisotopic (exact) mass is 277 g/mol. The molecule has 1 aromatic rings. The number of hydrogen-bond donors (Lipinski definition) is 1. The van der Waals surface area contributed by atoms with Crippen molar-refractivity contribution in [2.45, 2.75) is 18.8 Å². The number of hydrogen-bond acceptors (Lipinski definition) is 3. The molecule has 0 radical (unpaired) electrons. The first kappa shape index (κ1) is 13.5. The lowest BCUT2D eigenvalue weighted by Gasteiger charge is -2.16. The lowest BCUT2D eigenvalue weighted by molar-refractivity contribution is -0.274. The highest BCUT2D eigenvalue weighted by Crippen LogP contribution is 2.26. The average Bonchev–Trinajstić information content (AvgIpc) is 2.56. The molecule has 1 atom stereocenters. The minimum atomic E-state index is -4.63. The number of benzene rings is 1. The summed E-state index contributed by atoms with van der Waals surface area (Å²) in [5.74, 6) is 1.89. The van der Waals surface area contributed by atoms with Gasteiger partial charge < -0.3 is 10.1 Å². The number of ether oxygens (including phenoxy) is 1. The van der Waals surface area contributed by atoms with Crippen molar-refractivity contribution < 1.29 is 17.9 Å². The predicted octanol–water partition coefficient (Wildman–Crippen LogP) is 3.35. The Balaban J connectivity index is 2.02. The van der Waals surface area contributed by atoms with Crippen LogP contribution in [0.3, 0.4) is 0 Å². The normalized spacial score (nSPS) is 21.4. The van der Waals surface area contributed by atoms with Crippen LogP contribution in [0.1, 0.15) is 18.0 Å². The summed E-state index contributed by atoms with van der Waals surface area (Å²) in [4.78, 5) is 0. The van der Waals surface area contributed by atoms with Gasteiger partial charge in [0.1, 0.15) is 5.75 Å². The summed E-state index contributed by atoms with van der Waals surface area (Å²) >= 11 is 1.86. The molecule has 2 rings (SSSR count).